The highest BCUT2D eigenvalue weighted by Crippen LogP contribution is 1.98. The van der Waals surface area contributed by atoms with Crippen LogP contribution in [0, 0.1) is 0 Å². The van der Waals surface area contributed by atoms with E-state index in [1.165, 1.54) is 6.92 Å². The zero-order valence-electron chi connectivity index (χ0n) is 7.34. The highest BCUT2D eigenvalue weighted by molar-refractivity contribution is 7.87. The predicted octanol–water partition coefficient (Wildman–Crippen LogP) is -1.27. The molecule has 0 aliphatic heterocycles. The van der Waals surface area contributed by atoms with Gasteiger partial charge in [0.05, 0.1) is 6.61 Å². The molecule has 0 atom stereocenters. The first kappa shape index (κ1) is 12.7. The van der Waals surface area contributed by atoms with Crippen molar-refractivity contribution >= 4 is 22.3 Å². The van der Waals surface area contributed by atoms with E-state index in [0.29, 0.717) is 0 Å². The fraction of sp³-hybridized carbons (Fsp3) is 0.600. The monoisotopic (exact) mass is 226 g/mol. The van der Waals surface area contributed by atoms with Gasteiger partial charge in [-0.05, 0) is 6.92 Å². The molecule has 1 amide bonds. The molecular weight excluding hydrogens is 216 g/mol. The van der Waals surface area contributed by atoms with E-state index < -0.39 is 28.8 Å². The number of carbonyl (C=O) groups is 2. The fourth-order valence-corrected chi connectivity index (χ4v) is 1.13. The molecular formula is C5H10N2O6S. The lowest BCUT2D eigenvalue weighted by atomic mass is 10.7. The molecule has 0 aromatic rings. The molecule has 0 aliphatic carbocycles. The van der Waals surface area contributed by atoms with Gasteiger partial charge in [-0.3, -0.25) is 4.79 Å². The second-order valence-corrected chi connectivity index (χ2v) is 3.61. The van der Waals surface area contributed by atoms with Crippen LogP contribution < -0.4 is 5.14 Å². The Morgan fingerprint density at radius 1 is 1.50 bits per heavy atom. The number of rotatable bonds is 4. The number of amides is 1. The maximum atomic E-state index is 10.9. The lowest BCUT2D eigenvalue weighted by Gasteiger charge is -2.16. The second kappa shape index (κ2) is 4.77. The highest BCUT2D eigenvalue weighted by Gasteiger charge is 2.27. The standard InChI is InChI=1S/C5H10N2O6S/c1-2-13-5(10)7(3-4(8)9)14(6,11)12/h2-3H2,1H3,(H,8,9)(H2,6,11,12). The van der Waals surface area contributed by atoms with Crippen LogP contribution in [0.1, 0.15) is 6.92 Å². The van der Waals surface area contributed by atoms with Gasteiger partial charge in [0.15, 0.2) is 0 Å². The van der Waals surface area contributed by atoms with Gasteiger partial charge in [0.25, 0.3) is 0 Å². The molecule has 82 valence electrons. The van der Waals surface area contributed by atoms with Gasteiger partial charge in [-0.1, -0.05) is 0 Å². The zero-order chi connectivity index (χ0) is 11.4. The Kier molecular flexibility index (Phi) is 4.31. The molecule has 14 heavy (non-hydrogen) atoms. The van der Waals surface area contributed by atoms with Crippen LogP contribution in [-0.2, 0) is 19.7 Å². The van der Waals surface area contributed by atoms with Crippen LogP contribution in [0.5, 0.6) is 0 Å². The van der Waals surface area contributed by atoms with Gasteiger partial charge >= 0.3 is 22.3 Å². The second-order valence-electron chi connectivity index (χ2n) is 2.14. The maximum absolute atomic E-state index is 10.9. The number of carboxylic acids is 1. The van der Waals surface area contributed by atoms with Crippen LogP contribution in [0.2, 0.25) is 0 Å². The number of hydrogen-bond donors (Lipinski definition) is 2. The summed E-state index contributed by atoms with van der Waals surface area (Å²) in [7, 11) is -4.40. The van der Waals surface area contributed by atoms with E-state index in [9.17, 15) is 18.0 Å². The molecule has 0 aliphatic rings. The van der Waals surface area contributed by atoms with Crippen molar-refractivity contribution in [1.82, 2.24) is 4.31 Å². The van der Waals surface area contributed by atoms with Crippen LogP contribution in [0.25, 0.3) is 0 Å². The van der Waals surface area contributed by atoms with Crippen molar-refractivity contribution in [3.63, 3.8) is 0 Å². The maximum Gasteiger partial charge on any atom is 0.425 e. The lowest BCUT2D eigenvalue weighted by Crippen LogP contribution is -2.44. The summed E-state index contributed by atoms with van der Waals surface area (Å²) in [6.07, 6.45) is -1.31. The molecule has 0 aromatic heterocycles. The van der Waals surface area contributed by atoms with Gasteiger partial charge in [-0.2, -0.15) is 12.7 Å². The summed E-state index contributed by atoms with van der Waals surface area (Å²) in [5.41, 5.74) is 0. The first-order valence-electron chi connectivity index (χ1n) is 3.48. The largest absolute Gasteiger partial charge is 0.480 e. The smallest absolute Gasteiger partial charge is 0.425 e. The molecule has 0 unspecified atom stereocenters. The normalized spacial score (nSPS) is 10.7. The van der Waals surface area contributed by atoms with E-state index in [1.54, 1.807) is 0 Å². The molecule has 3 N–H and O–H groups in total. The van der Waals surface area contributed by atoms with E-state index in [0.717, 1.165) is 0 Å². The number of carbonyl (C=O) groups excluding carboxylic acids is 1. The van der Waals surface area contributed by atoms with Gasteiger partial charge < -0.3 is 9.84 Å². The third-order valence-electron chi connectivity index (χ3n) is 1.06. The van der Waals surface area contributed by atoms with Crippen LogP contribution in [0.3, 0.4) is 0 Å². The van der Waals surface area contributed by atoms with E-state index in [-0.39, 0.29) is 10.9 Å². The minimum atomic E-state index is -4.40. The predicted molar refractivity (Wildman–Crippen MR) is 44.5 cm³/mol. The topological polar surface area (TPSA) is 127 Å². The lowest BCUT2D eigenvalue weighted by molar-refractivity contribution is -0.137. The molecule has 0 radical (unpaired) electrons. The molecule has 0 saturated carbocycles. The summed E-state index contributed by atoms with van der Waals surface area (Å²) in [5, 5.41) is 12.9. The molecule has 0 aromatic carbocycles. The van der Waals surface area contributed by atoms with Gasteiger partial charge in [0, 0.05) is 0 Å². The Morgan fingerprint density at radius 2 is 2.00 bits per heavy atom. The summed E-state index contributed by atoms with van der Waals surface area (Å²) in [6.45, 7) is 0.308. The van der Waals surface area contributed by atoms with Gasteiger partial charge in [-0.25, -0.2) is 9.93 Å². The van der Waals surface area contributed by atoms with Crippen molar-refractivity contribution in [2.75, 3.05) is 13.2 Å². The van der Waals surface area contributed by atoms with E-state index in [4.69, 9.17) is 5.11 Å². The Hall–Kier alpha value is -1.35. The Morgan fingerprint density at radius 3 is 2.29 bits per heavy atom. The molecule has 0 bridgehead atoms. The molecule has 0 fully saturated rings. The van der Waals surface area contributed by atoms with E-state index in [2.05, 4.69) is 9.88 Å². The summed E-state index contributed by atoms with van der Waals surface area (Å²) in [5.74, 6) is -1.51. The Bertz CT molecular complexity index is 323. The van der Waals surface area contributed by atoms with Gasteiger partial charge in [0.1, 0.15) is 6.54 Å². The number of carboxylic acid groups (broad SMARTS) is 1. The number of hydrogen-bond acceptors (Lipinski definition) is 5. The van der Waals surface area contributed by atoms with Crippen molar-refractivity contribution in [3.05, 3.63) is 0 Å². The Labute approximate surface area is 80.4 Å². The molecule has 0 heterocycles. The molecule has 8 nitrogen and oxygen atoms in total. The molecule has 9 heteroatoms. The van der Waals surface area contributed by atoms with Crippen LogP contribution in [0.15, 0.2) is 0 Å². The highest BCUT2D eigenvalue weighted by atomic mass is 32.2. The van der Waals surface area contributed by atoms with Gasteiger partial charge in [-0.15, -0.1) is 0 Å². The summed E-state index contributed by atoms with van der Waals surface area (Å²) in [4.78, 5) is 21.1. The number of nitrogens with two attached hydrogens (primary N) is 1. The molecule has 0 spiro atoms. The number of nitrogens with zero attached hydrogens (tertiary/aromatic N) is 1. The third-order valence-corrected chi connectivity index (χ3v) is 1.95. The first-order valence-corrected chi connectivity index (χ1v) is 4.98. The zero-order valence-corrected chi connectivity index (χ0v) is 8.15. The third kappa shape index (κ3) is 4.05. The average Bonchev–Trinajstić information content (AvgIpc) is 1.98. The molecule has 0 saturated heterocycles. The van der Waals surface area contributed by atoms with Crippen molar-refractivity contribution < 1.29 is 27.9 Å². The Balaban J connectivity index is 4.74. The van der Waals surface area contributed by atoms with Crippen molar-refractivity contribution in [3.8, 4) is 0 Å². The SMILES string of the molecule is CCOC(=O)N(CC(=O)O)S(N)(=O)=O. The van der Waals surface area contributed by atoms with E-state index in [1.807, 2.05) is 0 Å². The minimum absolute atomic E-state index is 0.0706. The minimum Gasteiger partial charge on any atom is -0.480 e. The quantitative estimate of drug-likeness (QED) is 0.615. The van der Waals surface area contributed by atoms with E-state index >= 15 is 0 Å². The van der Waals surface area contributed by atoms with Crippen LogP contribution in [0.4, 0.5) is 4.79 Å². The van der Waals surface area contributed by atoms with Crippen LogP contribution in [-0.4, -0.2) is 43.0 Å². The fourth-order valence-electron chi connectivity index (χ4n) is 0.577. The average molecular weight is 226 g/mol. The van der Waals surface area contributed by atoms with Crippen molar-refractivity contribution in [2.24, 2.45) is 5.14 Å². The van der Waals surface area contributed by atoms with Crippen molar-refractivity contribution in [2.45, 2.75) is 6.92 Å². The summed E-state index contributed by atoms with van der Waals surface area (Å²) >= 11 is 0. The summed E-state index contributed by atoms with van der Waals surface area (Å²) in [6, 6.07) is 0. The number of ether oxygens (including phenoxy) is 1. The van der Waals surface area contributed by atoms with Crippen LogP contribution >= 0.6 is 0 Å². The first-order chi connectivity index (χ1) is 6.29. The van der Waals surface area contributed by atoms with Gasteiger partial charge in [0.2, 0.25) is 0 Å². The molecule has 0 rings (SSSR count). The van der Waals surface area contributed by atoms with Crippen molar-refractivity contribution in [1.29, 1.82) is 0 Å². The summed E-state index contributed by atoms with van der Waals surface area (Å²) < 4.78 is 25.7. The number of aliphatic carboxylic acids is 1.